The van der Waals surface area contributed by atoms with Gasteiger partial charge in [0.2, 0.25) is 5.28 Å². The molecule has 6 heteroatoms. The minimum atomic E-state index is 0.255. The molecule has 0 amide bonds. The maximum absolute atomic E-state index is 5.76. The van der Waals surface area contributed by atoms with Crippen molar-refractivity contribution in [3.8, 4) is 0 Å². The van der Waals surface area contributed by atoms with Gasteiger partial charge in [-0.25, -0.2) is 4.98 Å². The smallest absolute Gasteiger partial charge is 0.224 e. The summed E-state index contributed by atoms with van der Waals surface area (Å²) in [7, 11) is 0. The normalized spacial score (nSPS) is 25.4. The third-order valence-electron chi connectivity index (χ3n) is 2.54. The summed E-state index contributed by atoms with van der Waals surface area (Å²) in [6, 6.07) is 0.381. The predicted octanol–water partition coefficient (Wildman–Crippen LogP) is 2.87. The van der Waals surface area contributed by atoms with Gasteiger partial charge < -0.3 is 10.1 Å². The van der Waals surface area contributed by atoms with Crippen molar-refractivity contribution in [1.82, 2.24) is 9.97 Å². The van der Waals surface area contributed by atoms with Crippen LogP contribution in [-0.2, 0) is 4.74 Å². The molecule has 0 aliphatic carbocycles. The summed E-state index contributed by atoms with van der Waals surface area (Å²) in [5, 5.41) is 3.61. The third-order valence-corrected chi connectivity index (χ3v) is 3.30. The molecule has 0 bridgehead atoms. The minimum Gasteiger partial charge on any atom is -0.378 e. The molecule has 0 aromatic carbocycles. The van der Waals surface area contributed by atoms with Gasteiger partial charge in [-0.05, 0) is 47.3 Å². The first kappa shape index (κ1) is 12.1. The lowest BCUT2D eigenvalue weighted by Crippen LogP contribution is -2.32. The van der Waals surface area contributed by atoms with Crippen molar-refractivity contribution in [2.45, 2.75) is 31.9 Å². The molecule has 1 aliphatic rings. The lowest BCUT2D eigenvalue weighted by atomic mass is 10.0. The van der Waals surface area contributed by atoms with Gasteiger partial charge in [-0.3, -0.25) is 0 Å². The van der Waals surface area contributed by atoms with Crippen LogP contribution < -0.4 is 5.32 Å². The Kier molecular flexibility index (Phi) is 4.00. The average molecular weight is 307 g/mol. The van der Waals surface area contributed by atoms with E-state index in [1.54, 1.807) is 6.20 Å². The zero-order valence-corrected chi connectivity index (χ0v) is 11.3. The summed E-state index contributed by atoms with van der Waals surface area (Å²) in [5.74, 6) is 0.749. The fourth-order valence-corrected chi connectivity index (χ4v) is 2.21. The molecule has 4 nitrogen and oxygen atoms in total. The minimum absolute atomic E-state index is 0.255. The number of nitrogens with one attached hydrogen (secondary N) is 1. The second-order valence-corrected chi connectivity index (χ2v) is 5.08. The van der Waals surface area contributed by atoms with E-state index >= 15 is 0 Å². The van der Waals surface area contributed by atoms with Crippen LogP contribution in [-0.4, -0.2) is 28.7 Å². The van der Waals surface area contributed by atoms with Crippen LogP contribution in [0.1, 0.15) is 19.8 Å². The van der Waals surface area contributed by atoms with Crippen molar-refractivity contribution in [1.29, 1.82) is 0 Å². The van der Waals surface area contributed by atoms with Crippen molar-refractivity contribution >= 4 is 33.3 Å². The van der Waals surface area contributed by atoms with Crippen LogP contribution >= 0.6 is 27.5 Å². The van der Waals surface area contributed by atoms with Crippen LogP contribution in [0.2, 0.25) is 5.28 Å². The second kappa shape index (κ2) is 5.29. The second-order valence-electron chi connectivity index (χ2n) is 3.88. The van der Waals surface area contributed by atoms with Gasteiger partial charge in [0.25, 0.3) is 0 Å². The van der Waals surface area contributed by atoms with Gasteiger partial charge in [-0.2, -0.15) is 4.98 Å². The number of ether oxygens (including phenoxy) is 1. The molecule has 16 heavy (non-hydrogen) atoms. The zero-order chi connectivity index (χ0) is 11.5. The Morgan fingerprint density at radius 2 is 2.44 bits per heavy atom. The number of hydrogen-bond acceptors (Lipinski definition) is 4. The van der Waals surface area contributed by atoms with Gasteiger partial charge in [-0.1, -0.05) is 0 Å². The number of anilines is 1. The fraction of sp³-hybridized carbons (Fsp3) is 0.600. The number of hydrogen-bond donors (Lipinski definition) is 1. The first-order valence-electron chi connectivity index (χ1n) is 5.21. The molecule has 2 atom stereocenters. The quantitative estimate of drug-likeness (QED) is 0.854. The first-order valence-corrected chi connectivity index (χ1v) is 6.38. The molecule has 1 saturated heterocycles. The highest BCUT2D eigenvalue weighted by molar-refractivity contribution is 9.10. The number of rotatable bonds is 2. The first-order chi connectivity index (χ1) is 7.65. The molecule has 1 fully saturated rings. The Morgan fingerprint density at radius 1 is 1.62 bits per heavy atom. The molecule has 0 radical (unpaired) electrons. The Balaban J connectivity index is 2.05. The molecule has 1 aromatic heterocycles. The van der Waals surface area contributed by atoms with E-state index in [9.17, 15) is 0 Å². The molecule has 1 aromatic rings. The Labute approximate surface area is 108 Å². The fourth-order valence-electron chi connectivity index (χ4n) is 1.77. The molecule has 2 heterocycles. The predicted molar refractivity (Wildman–Crippen MR) is 66.8 cm³/mol. The van der Waals surface area contributed by atoms with Gasteiger partial charge in [0, 0.05) is 18.8 Å². The molecule has 0 saturated carbocycles. The van der Waals surface area contributed by atoms with Gasteiger partial charge in [0.05, 0.1) is 10.6 Å². The Morgan fingerprint density at radius 3 is 3.19 bits per heavy atom. The van der Waals surface area contributed by atoms with E-state index in [1.165, 1.54) is 0 Å². The molecular weight excluding hydrogens is 293 g/mol. The van der Waals surface area contributed by atoms with Gasteiger partial charge >= 0.3 is 0 Å². The highest BCUT2D eigenvalue weighted by Gasteiger charge is 2.20. The van der Waals surface area contributed by atoms with E-state index in [0.29, 0.717) is 12.1 Å². The summed E-state index contributed by atoms with van der Waals surface area (Å²) in [6.07, 6.45) is 3.91. The van der Waals surface area contributed by atoms with Crippen molar-refractivity contribution in [3.63, 3.8) is 0 Å². The summed E-state index contributed by atoms with van der Waals surface area (Å²) >= 11 is 9.15. The number of aromatic nitrogens is 2. The van der Waals surface area contributed by atoms with E-state index in [4.69, 9.17) is 16.3 Å². The topological polar surface area (TPSA) is 47.0 Å². The lowest BCUT2D eigenvalue weighted by molar-refractivity contribution is 0.0231. The van der Waals surface area contributed by atoms with Crippen LogP contribution in [0.25, 0.3) is 0 Å². The van der Waals surface area contributed by atoms with Crippen LogP contribution in [0.4, 0.5) is 5.82 Å². The lowest BCUT2D eigenvalue weighted by Gasteiger charge is -2.28. The Hall–Kier alpha value is -0.390. The van der Waals surface area contributed by atoms with Gasteiger partial charge in [-0.15, -0.1) is 0 Å². The van der Waals surface area contributed by atoms with Gasteiger partial charge in [0.15, 0.2) is 0 Å². The summed E-state index contributed by atoms with van der Waals surface area (Å²) in [4.78, 5) is 8.04. The van der Waals surface area contributed by atoms with Crippen molar-refractivity contribution < 1.29 is 4.74 Å². The van der Waals surface area contributed by atoms with Crippen LogP contribution in [0.5, 0.6) is 0 Å². The van der Waals surface area contributed by atoms with Crippen molar-refractivity contribution in [2.75, 3.05) is 11.9 Å². The number of halogens is 2. The summed E-state index contributed by atoms with van der Waals surface area (Å²) < 4.78 is 6.32. The SMILES string of the molecule is CC1CC(Nc2nc(Cl)ncc2Br)CCO1. The average Bonchev–Trinajstić information content (AvgIpc) is 2.24. The third kappa shape index (κ3) is 3.06. The monoisotopic (exact) mass is 305 g/mol. The highest BCUT2D eigenvalue weighted by atomic mass is 79.9. The van der Waals surface area contributed by atoms with E-state index in [2.05, 4.69) is 38.1 Å². The standard InChI is InChI=1S/C10H13BrClN3O/c1-6-4-7(2-3-16-6)14-9-8(11)5-13-10(12)15-9/h5-7H,2-4H2,1H3,(H,13,14,15). The Bertz CT molecular complexity index is 377. The van der Waals surface area contributed by atoms with Crippen LogP contribution in [0, 0.1) is 0 Å². The van der Waals surface area contributed by atoms with E-state index in [1.807, 2.05) is 0 Å². The molecule has 2 unspecified atom stereocenters. The van der Waals surface area contributed by atoms with Gasteiger partial charge in [0.1, 0.15) is 5.82 Å². The van der Waals surface area contributed by atoms with Crippen molar-refractivity contribution in [2.24, 2.45) is 0 Å². The molecular formula is C10H13BrClN3O. The van der Waals surface area contributed by atoms with Crippen LogP contribution in [0.15, 0.2) is 10.7 Å². The van der Waals surface area contributed by atoms with E-state index < -0.39 is 0 Å². The molecule has 1 aliphatic heterocycles. The summed E-state index contributed by atoms with van der Waals surface area (Å²) in [6.45, 7) is 2.87. The van der Waals surface area contributed by atoms with Crippen molar-refractivity contribution in [3.05, 3.63) is 16.0 Å². The van der Waals surface area contributed by atoms with E-state index in [-0.39, 0.29) is 5.28 Å². The maximum Gasteiger partial charge on any atom is 0.224 e. The number of nitrogens with zero attached hydrogens (tertiary/aromatic N) is 2. The van der Waals surface area contributed by atoms with E-state index in [0.717, 1.165) is 29.7 Å². The zero-order valence-electron chi connectivity index (χ0n) is 8.91. The maximum atomic E-state index is 5.76. The van der Waals surface area contributed by atoms with Crippen LogP contribution in [0.3, 0.4) is 0 Å². The molecule has 2 rings (SSSR count). The molecule has 0 spiro atoms. The molecule has 88 valence electrons. The largest absolute Gasteiger partial charge is 0.378 e. The highest BCUT2D eigenvalue weighted by Crippen LogP contribution is 2.24. The summed E-state index contributed by atoms with van der Waals surface area (Å²) in [5.41, 5.74) is 0. The molecule has 1 N–H and O–H groups in total.